The van der Waals surface area contributed by atoms with E-state index in [2.05, 4.69) is 10.0 Å². The normalized spacial score (nSPS) is 11.4. The smallest absolute Gasteiger partial charge is 0.307 e. The second-order valence-corrected chi connectivity index (χ2v) is 9.24. The maximum absolute atomic E-state index is 12.7. The number of carbonyl (C=O) groups excluding carboxylic acids is 1. The lowest BCUT2D eigenvalue weighted by Crippen LogP contribution is -2.15. The predicted molar refractivity (Wildman–Crippen MR) is 119 cm³/mol. The van der Waals surface area contributed by atoms with E-state index in [9.17, 15) is 18.0 Å². The van der Waals surface area contributed by atoms with Crippen LogP contribution in [0.5, 0.6) is 0 Å². The highest BCUT2D eigenvalue weighted by Crippen LogP contribution is 2.22. The summed E-state index contributed by atoms with van der Waals surface area (Å²) >= 11 is 1.10. The van der Waals surface area contributed by atoms with Crippen LogP contribution in [-0.2, 0) is 17.1 Å². The maximum Gasteiger partial charge on any atom is 0.307 e. The third-order valence-corrected chi connectivity index (χ3v) is 6.87. The Morgan fingerprint density at radius 1 is 0.933 bits per heavy atom. The summed E-state index contributed by atoms with van der Waals surface area (Å²) in [5.41, 5.74) is 1.91. The number of aromatic nitrogens is 1. The summed E-state index contributed by atoms with van der Waals surface area (Å²) in [7, 11) is -2.06. The van der Waals surface area contributed by atoms with E-state index in [0.29, 0.717) is 11.3 Å². The Bertz CT molecular complexity index is 1410. The molecule has 1 heterocycles. The average molecular weight is 440 g/mol. The highest BCUT2D eigenvalue weighted by atomic mass is 32.2. The molecule has 1 amide bonds. The molecule has 7 nitrogen and oxygen atoms in total. The molecular weight excluding hydrogens is 422 g/mol. The molecular formula is C21H17N3O4S2. The summed E-state index contributed by atoms with van der Waals surface area (Å²) < 4.78 is 29.8. The van der Waals surface area contributed by atoms with Gasteiger partial charge in [-0.15, -0.1) is 0 Å². The number of nitrogens with zero attached hydrogens (tertiary/aromatic N) is 1. The molecule has 0 aliphatic rings. The Kier molecular flexibility index (Phi) is 5.15. The minimum absolute atomic E-state index is 0.0770. The Balaban J connectivity index is 1.55. The number of amides is 1. The summed E-state index contributed by atoms with van der Waals surface area (Å²) in [4.78, 5) is 24.5. The number of thiazole rings is 1. The van der Waals surface area contributed by atoms with Gasteiger partial charge in [0.05, 0.1) is 15.1 Å². The third-order valence-electron chi connectivity index (χ3n) is 4.48. The number of anilines is 2. The first-order valence-electron chi connectivity index (χ1n) is 8.92. The molecule has 0 bridgehead atoms. The van der Waals surface area contributed by atoms with Crippen LogP contribution in [-0.4, -0.2) is 18.9 Å². The van der Waals surface area contributed by atoms with Gasteiger partial charge in [0.25, 0.3) is 15.9 Å². The average Bonchev–Trinajstić information content (AvgIpc) is 3.01. The standard InChI is InChI=1S/C21H17N3O4S2/c1-24-18-11-10-15(13-19(18)29-21(24)26)22-20(25)14-6-5-7-16(12-14)23-30(27,28)17-8-3-2-4-9-17/h2-13,23H,1H3,(H,22,25). The number of carbonyl (C=O) groups is 1. The number of aryl methyl sites for hydroxylation is 1. The fourth-order valence-electron chi connectivity index (χ4n) is 2.95. The molecule has 0 saturated carbocycles. The van der Waals surface area contributed by atoms with Gasteiger partial charge in [0.1, 0.15) is 0 Å². The van der Waals surface area contributed by atoms with Crippen molar-refractivity contribution >= 4 is 48.9 Å². The lowest BCUT2D eigenvalue weighted by Gasteiger charge is -2.10. The van der Waals surface area contributed by atoms with Crippen LogP contribution in [0.4, 0.5) is 11.4 Å². The lowest BCUT2D eigenvalue weighted by molar-refractivity contribution is 0.102. The van der Waals surface area contributed by atoms with E-state index in [1.807, 2.05) is 0 Å². The minimum Gasteiger partial charge on any atom is -0.322 e. The van der Waals surface area contributed by atoms with Crippen molar-refractivity contribution in [1.29, 1.82) is 0 Å². The fourth-order valence-corrected chi connectivity index (χ4v) is 4.94. The molecule has 4 aromatic rings. The Labute approximate surface area is 176 Å². The number of sulfonamides is 1. The number of fused-ring (bicyclic) bond motifs is 1. The number of hydrogen-bond donors (Lipinski definition) is 2. The molecule has 4 rings (SSSR count). The zero-order valence-electron chi connectivity index (χ0n) is 15.8. The summed E-state index contributed by atoms with van der Waals surface area (Å²) in [6.07, 6.45) is 0. The topological polar surface area (TPSA) is 97.3 Å². The molecule has 0 fully saturated rings. The highest BCUT2D eigenvalue weighted by molar-refractivity contribution is 7.92. The second-order valence-electron chi connectivity index (χ2n) is 6.56. The summed E-state index contributed by atoms with van der Waals surface area (Å²) in [5, 5.41) is 2.78. The van der Waals surface area contributed by atoms with Crippen molar-refractivity contribution in [2.45, 2.75) is 4.90 Å². The van der Waals surface area contributed by atoms with E-state index in [1.54, 1.807) is 66.2 Å². The van der Waals surface area contributed by atoms with Crippen molar-refractivity contribution in [2.75, 3.05) is 10.0 Å². The first-order valence-corrected chi connectivity index (χ1v) is 11.2. The van der Waals surface area contributed by atoms with Gasteiger partial charge >= 0.3 is 4.87 Å². The molecule has 0 saturated heterocycles. The number of rotatable bonds is 5. The molecule has 0 aliphatic heterocycles. The monoisotopic (exact) mass is 439 g/mol. The molecule has 3 aromatic carbocycles. The van der Waals surface area contributed by atoms with Crippen molar-refractivity contribution in [3.8, 4) is 0 Å². The van der Waals surface area contributed by atoms with Crippen LogP contribution < -0.4 is 14.9 Å². The van der Waals surface area contributed by atoms with Gasteiger partial charge in [-0.1, -0.05) is 35.6 Å². The van der Waals surface area contributed by atoms with Gasteiger partial charge in [-0.3, -0.25) is 14.3 Å². The first kappa shape index (κ1) is 19.9. The maximum atomic E-state index is 12.7. The van der Waals surface area contributed by atoms with Gasteiger partial charge in [0, 0.05) is 24.0 Å². The van der Waals surface area contributed by atoms with Gasteiger partial charge in [-0.25, -0.2) is 8.42 Å². The summed E-state index contributed by atoms with van der Waals surface area (Å²) in [6, 6.07) is 19.5. The van der Waals surface area contributed by atoms with E-state index in [-0.39, 0.29) is 15.5 Å². The Hall–Kier alpha value is -3.43. The Morgan fingerprint density at radius 3 is 2.47 bits per heavy atom. The van der Waals surface area contributed by atoms with Crippen molar-refractivity contribution in [2.24, 2.45) is 7.05 Å². The quantitative estimate of drug-likeness (QED) is 0.496. The number of benzene rings is 3. The summed E-state index contributed by atoms with van der Waals surface area (Å²) in [6.45, 7) is 0. The molecule has 9 heteroatoms. The van der Waals surface area contributed by atoms with Gasteiger partial charge in [-0.2, -0.15) is 0 Å². The molecule has 0 aliphatic carbocycles. The molecule has 2 N–H and O–H groups in total. The lowest BCUT2D eigenvalue weighted by atomic mass is 10.2. The van der Waals surface area contributed by atoms with E-state index in [4.69, 9.17) is 0 Å². The zero-order chi connectivity index (χ0) is 21.3. The van der Waals surface area contributed by atoms with E-state index in [0.717, 1.165) is 21.6 Å². The highest BCUT2D eigenvalue weighted by Gasteiger charge is 2.15. The van der Waals surface area contributed by atoms with Crippen molar-refractivity contribution < 1.29 is 13.2 Å². The molecule has 1 aromatic heterocycles. The number of nitrogens with one attached hydrogen (secondary N) is 2. The van der Waals surface area contributed by atoms with Crippen LogP contribution in [0, 0.1) is 0 Å². The molecule has 0 atom stereocenters. The van der Waals surface area contributed by atoms with Crippen molar-refractivity contribution in [3.05, 3.63) is 88.0 Å². The predicted octanol–water partition coefficient (Wildman–Crippen LogP) is 3.65. The SMILES string of the molecule is Cn1c(=O)sc2cc(NC(=O)c3cccc(NS(=O)(=O)c4ccccc4)c3)ccc21. The van der Waals surface area contributed by atoms with Crippen LogP contribution in [0.2, 0.25) is 0 Å². The van der Waals surface area contributed by atoms with Gasteiger partial charge in [-0.05, 0) is 48.5 Å². The first-order chi connectivity index (χ1) is 14.3. The number of hydrogen-bond acceptors (Lipinski definition) is 5. The van der Waals surface area contributed by atoms with Crippen LogP contribution in [0.25, 0.3) is 10.2 Å². The molecule has 0 spiro atoms. The Morgan fingerprint density at radius 2 is 1.70 bits per heavy atom. The molecule has 0 unspecified atom stereocenters. The second kappa shape index (κ2) is 7.77. The molecule has 30 heavy (non-hydrogen) atoms. The van der Waals surface area contributed by atoms with E-state index >= 15 is 0 Å². The van der Waals surface area contributed by atoms with Gasteiger partial charge in [0.15, 0.2) is 0 Å². The zero-order valence-corrected chi connectivity index (χ0v) is 17.5. The minimum atomic E-state index is -3.75. The molecule has 0 radical (unpaired) electrons. The summed E-state index contributed by atoms with van der Waals surface area (Å²) in [5.74, 6) is -0.390. The molecule has 152 valence electrons. The van der Waals surface area contributed by atoms with E-state index in [1.165, 1.54) is 18.2 Å². The van der Waals surface area contributed by atoms with Crippen molar-refractivity contribution in [1.82, 2.24) is 4.57 Å². The van der Waals surface area contributed by atoms with Crippen LogP contribution in [0.3, 0.4) is 0 Å². The van der Waals surface area contributed by atoms with E-state index < -0.39 is 15.9 Å². The largest absolute Gasteiger partial charge is 0.322 e. The third kappa shape index (κ3) is 3.98. The van der Waals surface area contributed by atoms with Gasteiger partial charge < -0.3 is 9.88 Å². The van der Waals surface area contributed by atoms with Crippen LogP contribution in [0.15, 0.2) is 82.5 Å². The van der Waals surface area contributed by atoms with Crippen LogP contribution >= 0.6 is 11.3 Å². The van der Waals surface area contributed by atoms with Crippen molar-refractivity contribution in [3.63, 3.8) is 0 Å². The fraction of sp³-hybridized carbons (Fsp3) is 0.0476. The van der Waals surface area contributed by atoms with Gasteiger partial charge in [0.2, 0.25) is 0 Å². The van der Waals surface area contributed by atoms with Crippen LogP contribution in [0.1, 0.15) is 10.4 Å².